The Kier molecular flexibility index (Phi) is 4.71. The van der Waals surface area contributed by atoms with Crippen molar-refractivity contribution in [1.29, 1.82) is 0 Å². The first kappa shape index (κ1) is 12.1. The Morgan fingerprint density at radius 1 is 1.73 bits per heavy atom. The van der Waals surface area contributed by atoms with Crippen molar-refractivity contribution in [2.75, 3.05) is 6.54 Å². The highest BCUT2D eigenvalue weighted by Crippen LogP contribution is 2.18. The predicted octanol–water partition coefficient (Wildman–Crippen LogP) is 1.31. The molecule has 0 aliphatic rings. The first-order chi connectivity index (χ1) is 7.15. The Morgan fingerprint density at radius 2 is 2.47 bits per heavy atom. The van der Waals surface area contributed by atoms with Gasteiger partial charge in [0.25, 0.3) is 0 Å². The fraction of sp³-hybridized carbons (Fsp3) is 0.600. The van der Waals surface area contributed by atoms with Crippen LogP contribution in [0.2, 0.25) is 0 Å². The lowest BCUT2D eigenvalue weighted by Gasteiger charge is -2.16. The van der Waals surface area contributed by atoms with E-state index in [1.807, 2.05) is 12.3 Å². The van der Waals surface area contributed by atoms with E-state index in [1.54, 1.807) is 17.5 Å². The number of thiazole rings is 1. The lowest BCUT2D eigenvalue weighted by molar-refractivity contribution is -0.121. The van der Waals surface area contributed by atoms with Crippen LogP contribution < -0.4 is 11.1 Å². The third-order valence-corrected chi connectivity index (χ3v) is 3.20. The molecule has 1 aromatic rings. The van der Waals surface area contributed by atoms with Gasteiger partial charge in [0.1, 0.15) is 5.01 Å². The molecule has 0 spiro atoms. The summed E-state index contributed by atoms with van der Waals surface area (Å²) in [4.78, 5) is 15.1. The lowest BCUT2D eigenvalue weighted by atomic mass is 10.1. The fourth-order valence-electron chi connectivity index (χ4n) is 1.23. The number of nitrogens with two attached hydrogens (primary N) is 1. The van der Waals surface area contributed by atoms with Gasteiger partial charge in [-0.05, 0) is 6.42 Å². The maximum absolute atomic E-state index is 10.9. The molecule has 0 bridgehead atoms. The first-order valence-corrected chi connectivity index (χ1v) is 5.95. The third-order valence-electron chi connectivity index (χ3n) is 2.31. The van der Waals surface area contributed by atoms with Gasteiger partial charge < -0.3 is 11.1 Å². The molecule has 4 nitrogen and oxygen atoms in total. The number of primary amides is 1. The van der Waals surface area contributed by atoms with Gasteiger partial charge >= 0.3 is 0 Å². The molecule has 0 radical (unpaired) electrons. The van der Waals surface area contributed by atoms with Crippen LogP contribution in [0, 0.1) is 5.92 Å². The summed E-state index contributed by atoms with van der Waals surface area (Å²) >= 11 is 1.63. The molecule has 0 aliphatic carbocycles. The minimum absolute atomic E-state index is 0.140. The zero-order valence-corrected chi connectivity index (χ0v) is 9.88. The number of aromatic nitrogens is 1. The van der Waals surface area contributed by atoms with Gasteiger partial charge in [-0.1, -0.05) is 13.8 Å². The zero-order chi connectivity index (χ0) is 11.3. The normalized spacial score (nSPS) is 14.8. The number of nitrogens with one attached hydrogen (secondary N) is 1. The first-order valence-electron chi connectivity index (χ1n) is 5.07. The number of rotatable bonds is 6. The number of hydrogen-bond acceptors (Lipinski definition) is 4. The van der Waals surface area contributed by atoms with E-state index < -0.39 is 0 Å². The minimum atomic E-state index is -0.267. The second-order valence-electron chi connectivity index (χ2n) is 3.54. The average Bonchev–Trinajstić information content (AvgIpc) is 2.71. The molecule has 1 amide bonds. The number of carbonyl (C=O) groups excluding carboxylic acids is 1. The SMILES string of the molecule is CCC(NCC(C)C(N)=O)c1nccs1. The smallest absolute Gasteiger partial charge is 0.221 e. The Bertz CT molecular complexity index is 300. The topological polar surface area (TPSA) is 68.0 Å². The Morgan fingerprint density at radius 3 is 2.93 bits per heavy atom. The summed E-state index contributed by atoms with van der Waals surface area (Å²) in [6.45, 7) is 4.52. The second kappa shape index (κ2) is 5.82. The van der Waals surface area contributed by atoms with Crippen LogP contribution in [-0.2, 0) is 4.79 Å². The monoisotopic (exact) mass is 227 g/mol. The number of hydrogen-bond donors (Lipinski definition) is 2. The largest absolute Gasteiger partial charge is 0.369 e. The number of nitrogens with zero attached hydrogens (tertiary/aromatic N) is 1. The van der Waals surface area contributed by atoms with Gasteiger partial charge in [0, 0.05) is 24.0 Å². The molecule has 1 rings (SSSR count). The van der Waals surface area contributed by atoms with Crippen LogP contribution in [-0.4, -0.2) is 17.4 Å². The van der Waals surface area contributed by atoms with E-state index in [0.717, 1.165) is 11.4 Å². The van der Waals surface area contributed by atoms with E-state index in [-0.39, 0.29) is 17.9 Å². The third kappa shape index (κ3) is 3.60. The fourth-order valence-corrected chi connectivity index (χ4v) is 2.03. The van der Waals surface area contributed by atoms with Gasteiger partial charge in [0.15, 0.2) is 0 Å². The van der Waals surface area contributed by atoms with Crippen LogP contribution in [0.15, 0.2) is 11.6 Å². The van der Waals surface area contributed by atoms with Crippen LogP contribution >= 0.6 is 11.3 Å². The molecule has 0 aromatic carbocycles. The maximum Gasteiger partial charge on any atom is 0.221 e. The molecular weight excluding hydrogens is 210 g/mol. The predicted molar refractivity (Wildman–Crippen MR) is 61.5 cm³/mol. The summed E-state index contributed by atoms with van der Waals surface area (Å²) in [6, 6.07) is 0.229. The Labute approximate surface area is 93.9 Å². The molecule has 0 fully saturated rings. The highest BCUT2D eigenvalue weighted by Gasteiger charge is 2.14. The van der Waals surface area contributed by atoms with Crippen molar-refractivity contribution >= 4 is 17.2 Å². The van der Waals surface area contributed by atoms with Gasteiger partial charge in [0.05, 0.1) is 6.04 Å². The Balaban J connectivity index is 2.45. The molecule has 15 heavy (non-hydrogen) atoms. The van der Waals surface area contributed by atoms with E-state index in [1.165, 1.54) is 0 Å². The molecule has 2 atom stereocenters. The maximum atomic E-state index is 10.9. The standard InChI is InChI=1S/C10H17N3OS/c1-3-8(10-12-4-5-15-10)13-6-7(2)9(11)14/h4-5,7-8,13H,3,6H2,1-2H3,(H2,11,14). The van der Waals surface area contributed by atoms with Crippen molar-refractivity contribution < 1.29 is 4.79 Å². The molecule has 3 N–H and O–H groups in total. The number of amides is 1. The molecule has 0 aliphatic heterocycles. The van der Waals surface area contributed by atoms with Crippen molar-refractivity contribution in [3.05, 3.63) is 16.6 Å². The minimum Gasteiger partial charge on any atom is -0.369 e. The highest BCUT2D eigenvalue weighted by atomic mass is 32.1. The van der Waals surface area contributed by atoms with E-state index in [2.05, 4.69) is 17.2 Å². The van der Waals surface area contributed by atoms with E-state index in [0.29, 0.717) is 6.54 Å². The lowest BCUT2D eigenvalue weighted by Crippen LogP contribution is -2.33. The van der Waals surface area contributed by atoms with Gasteiger partial charge in [-0.25, -0.2) is 4.98 Å². The Hall–Kier alpha value is -0.940. The van der Waals surface area contributed by atoms with Crippen LogP contribution in [0.25, 0.3) is 0 Å². The summed E-state index contributed by atoms with van der Waals surface area (Å²) in [6.07, 6.45) is 2.75. The van der Waals surface area contributed by atoms with Crippen LogP contribution in [0.1, 0.15) is 31.3 Å². The van der Waals surface area contributed by atoms with Crippen LogP contribution in [0.4, 0.5) is 0 Å². The molecule has 5 heteroatoms. The average molecular weight is 227 g/mol. The van der Waals surface area contributed by atoms with Gasteiger partial charge in [-0.15, -0.1) is 11.3 Å². The van der Waals surface area contributed by atoms with Gasteiger partial charge in [0.2, 0.25) is 5.91 Å². The molecule has 1 aromatic heterocycles. The van der Waals surface area contributed by atoms with Crippen molar-refractivity contribution in [2.24, 2.45) is 11.7 Å². The molecule has 1 heterocycles. The highest BCUT2D eigenvalue weighted by molar-refractivity contribution is 7.09. The summed E-state index contributed by atoms with van der Waals surface area (Å²) in [5.74, 6) is -0.407. The van der Waals surface area contributed by atoms with E-state index >= 15 is 0 Å². The van der Waals surface area contributed by atoms with Crippen molar-refractivity contribution in [3.63, 3.8) is 0 Å². The summed E-state index contributed by atoms with van der Waals surface area (Å²) in [5.41, 5.74) is 5.19. The van der Waals surface area contributed by atoms with Crippen molar-refractivity contribution in [3.8, 4) is 0 Å². The second-order valence-corrected chi connectivity index (χ2v) is 4.47. The summed E-state index contributed by atoms with van der Waals surface area (Å²) in [5, 5.41) is 6.32. The van der Waals surface area contributed by atoms with Crippen molar-refractivity contribution in [2.45, 2.75) is 26.3 Å². The van der Waals surface area contributed by atoms with Gasteiger partial charge in [-0.3, -0.25) is 4.79 Å². The summed E-state index contributed by atoms with van der Waals surface area (Å²) < 4.78 is 0. The molecule has 0 saturated carbocycles. The molecule has 84 valence electrons. The van der Waals surface area contributed by atoms with Crippen molar-refractivity contribution in [1.82, 2.24) is 10.3 Å². The molecule has 0 saturated heterocycles. The molecular formula is C10H17N3OS. The van der Waals surface area contributed by atoms with Gasteiger partial charge in [-0.2, -0.15) is 0 Å². The summed E-state index contributed by atoms with van der Waals surface area (Å²) in [7, 11) is 0. The van der Waals surface area contributed by atoms with Crippen LogP contribution in [0.5, 0.6) is 0 Å². The molecule has 2 unspecified atom stereocenters. The van der Waals surface area contributed by atoms with E-state index in [9.17, 15) is 4.79 Å². The zero-order valence-electron chi connectivity index (χ0n) is 9.06. The van der Waals surface area contributed by atoms with Crippen LogP contribution in [0.3, 0.4) is 0 Å². The number of carbonyl (C=O) groups is 1. The van der Waals surface area contributed by atoms with E-state index in [4.69, 9.17) is 5.73 Å². The quantitative estimate of drug-likeness (QED) is 0.770.